The van der Waals surface area contributed by atoms with Crippen LogP contribution in [-0.2, 0) is 11.3 Å². The molecule has 7 nitrogen and oxygen atoms in total. The molecular weight excluding hydrogens is 306 g/mol. The van der Waals surface area contributed by atoms with E-state index in [2.05, 4.69) is 20.6 Å². The number of ether oxygens (including phenoxy) is 1. The van der Waals surface area contributed by atoms with Crippen LogP contribution >= 0.6 is 0 Å². The molecule has 0 radical (unpaired) electrons. The first-order chi connectivity index (χ1) is 11.8. The van der Waals surface area contributed by atoms with E-state index in [1.165, 1.54) is 6.42 Å². The number of hydrogen-bond donors (Lipinski definition) is 1. The van der Waals surface area contributed by atoms with Crippen molar-refractivity contribution in [1.29, 1.82) is 0 Å². The second-order valence-corrected chi connectivity index (χ2v) is 6.88. The van der Waals surface area contributed by atoms with Crippen LogP contribution < -0.4 is 5.32 Å². The van der Waals surface area contributed by atoms with Gasteiger partial charge in [0, 0.05) is 23.5 Å². The summed E-state index contributed by atoms with van der Waals surface area (Å²) in [6.45, 7) is 3.75. The van der Waals surface area contributed by atoms with Gasteiger partial charge in [-0.25, -0.2) is 4.68 Å². The molecule has 24 heavy (non-hydrogen) atoms. The Kier molecular flexibility index (Phi) is 3.17. The molecule has 3 aromatic heterocycles. The Labute approximate surface area is 139 Å². The summed E-state index contributed by atoms with van der Waals surface area (Å²) >= 11 is 0. The van der Waals surface area contributed by atoms with E-state index < -0.39 is 0 Å². The quantitative estimate of drug-likeness (QED) is 0.792. The maximum Gasteiger partial charge on any atom is 0.137 e. The summed E-state index contributed by atoms with van der Waals surface area (Å²) in [7, 11) is 0. The lowest BCUT2D eigenvalue weighted by molar-refractivity contribution is 0.0832. The molecule has 2 fully saturated rings. The van der Waals surface area contributed by atoms with Crippen LogP contribution in [0.5, 0.6) is 0 Å². The summed E-state index contributed by atoms with van der Waals surface area (Å²) in [4.78, 5) is 4.44. The summed E-state index contributed by atoms with van der Waals surface area (Å²) in [5, 5.41) is 13.0. The number of fused-ring (bicyclic) bond motifs is 1. The van der Waals surface area contributed by atoms with Crippen molar-refractivity contribution in [3.05, 3.63) is 30.8 Å². The fourth-order valence-corrected chi connectivity index (χ4v) is 3.91. The molecule has 2 aliphatic heterocycles. The summed E-state index contributed by atoms with van der Waals surface area (Å²) in [6.07, 6.45) is 7.84. The maximum atomic E-state index is 6.01. The van der Waals surface area contributed by atoms with E-state index in [9.17, 15) is 0 Å². The largest absolute Gasteiger partial charge is 0.464 e. The molecule has 3 aromatic rings. The number of nitrogens with zero attached hydrogens (tertiary/aromatic N) is 4. The number of rotatable bonds is 3. The fourth-order valence-electron chi connectivity index (χ4n) is 3.91. The Bertz CT molecular complexity index is 865. The summed E-state index contributed by atoms with van der Waals surface area (Å²) in [5.74, 6) is 0. The van der Waals surface area contributed by atoms with Crippen molar-refractivity contribution in [2.45, 2.75) is 25.5 Å². The van der Waals surface area contributed by atoms with Crippen molar-refractivity contribution < 1.29 is 9.15 Å². The zero-order valence-electron chi connectivity index (χ0n) is 13.3. The van der Waals surface area contributed by atoms with Crippen LogP contribution in [0.2, 0.25) is 0 Å². The monoisotopic (exact) mass is 325 g/mol. The van der Waals surface area contributed by atoms with E-state index in [1.807, 2.05) is 23.0 Å². The van der Waals surface area contributed by atoms with Gasteiger partial charge in [0.25, 0.3) is 0 Å². The maximum absolute atomic E-state index is 6.01. The fraction of sp³-hybridized carbons (Fsp3) is 0.471. The molecule has 1 N–H and O–H groups in total. The highest BCUT2D eigenvalue weighted by molar-refractivity contribution is 5.90. The van der Waals surface area contributed by atoms with Gasteiger partial charge in [-0.15, -0.1) is 5.10 Å². The first-order valence-corrected chi connectivity index (χ1v) is 8.36. The molecule has 0 bridgehead atoms. The standard InChI is InChI=1S/C17H19N5O2/c1-4-19-16(13-2-6-23-15(1)13)14-9-22(21-20-14)8-12-7-17(11-24-12)3-5-18-10-17/h1-2,4,6,9,12,18H,3,5,7-8,10-11H2. The average Bonchev–Trinajstić information content (AvgIpc) is 3.37. The van der Waals surface area contributed by atoms with E-state index in [1.54, 1.807) is 12.5 Å². The third kappa shape index (κ3) is 2.32. The molecule has 2 aliphatic rings. The molecule has 0 aliphatic carbocycles. The Balaban J connectivity index is 1.35. The molecule has 0 amide bonds. The minimum Gasteiger partial charge on any atom is -0.464 e. The molecule has 2 unspecified atom stereocenters. The molecule has 5 heterocycles. The van der Waals surface area contributed by atoms with E-state index in [4.69, 9.17) is 9.15 Å². The minimum absolute atomic E-state index is 0.206. The van der Waals surface area contributed by atoms with Gasteiger partial charge < -0.3 is 14.5 Å². The van der Waals surface area contributed by atoms with Gasteiger partial charge in [-0.1, -0.05) is 5.21 Å². The van der Waals surface area contributed by atoms with Gasteiger partial charge in [0.1, 0.15) is 17.0 Å². The Morgan fingerprint density at radius 1 is 1.38 bits per heavy atom. The molecule has 0 saturated carbocycles. The number of aromatic nitrogens is 4. The predicted octanol–water partition coefficient (Wildman–Crippen LogP) is 1.85. The molecule has 124 valence electrons. The van der Waals surface area contributed by atoms with Gasteiger partial charge in [-0.3, -0.25) is 4.98 Å². The number of nitrogens with one attached hydrogen (secondary N) is 1. The van der Waals surface area contributed by atoms with E-state index in [-0.39, 0.29) is 6.10 Å². The van der Waals surface area contributed by atoms with Gasteiger partial charge >= 0.3 is 0 Å². The van der Waals surface area contributed by atoms with E-state index in [0.29, 0.717) is 5.41 Å². The first kappa shape index (κ1) is 14.1. The Hall–Kier alpha value is -2.25. The predicted molar refractivity (Wildman–Crippen MR) is 87.3 cm³/mol. The summed E-state index contributed by atoms with van der Waals surface area (Å²) in [6, 6.07) is 3.76. The third-order valence-electron chi connectivity index (χ3n) is 5.17. The molecule has 0 aromatic carbocycles. The third-order valence-corrected chi connectivity index (χ3v) is 5.17. The molecule has 2 atom stereocenters. The van der Waals surface area contributed by atoms with Crippen molar-refractivity contribution in [2.24, 2.45) is 5.41 Å². The van der Waals surface area contributed by atoms with E-state index >= 15 is 0 Å². The molecule has 2 saturated heterocycles. The second-order valence-electron chi connectivity index (χ2n) is 6.88. The van der Waals surface area contributed by atoms with E-state index in [0.717, 1.165) is 55.0 Å². The second kappa shape index (κ2) is 5.39. The number of furan rings is 1. The van der Waals surface area contributed by atoms with Crippen molar-refractivity contribution >= 4 is 11.0 Å². The van der Waals surface area contributed by atoms with Crippen molar-refractivity contribution in [3.8, 4) is 11.4 Å². The highest BCUT2D eigenvalue weighted by Crippen LogP contribution is 2.38. The van der Waals surface area contributed by atoms with Crippen LogP contribution in [0.15, 0.2) is 35.2 Å². The van der Waals surface area contributed by atoms with Crippen molar-refractivity contribution in [3.63, 3.8) is 0 Å². The van der Waals surface area contributed by atoms with Gasteiger partial charge in [0.15, 0.2) is 0 Å². The van der Waals surface area contributed by atoms with Gasteiger partial charge in [0.05, 0.1) is 31.7 Å². The molecule has 5 rings (SSSR count). The van der Waals surface area contributed by atoms with Gasteiger partial charge in [-0.2, -0.15) is 0 Å². The van der Waals surface area contributed by atoms with Gasteiger partial charge in [0.2, 0.25) is 0 Å². The van der Waals surface area contributed by atoms with Crippen molar-refractivity contribution in [2.75, 3.05) is 19.7 Å². The van der Waals surface area contributed by atoms with Crippen LogP contribution in [-0.4, -0.2) is 45.8 Å². The zero-order valence-corrected chi connectivity index (χ0v) is 13.3. The smallest absolute Gasteiger partial charge is 0.137 e. The lowest BCUT2D eigenvalue weighted by atomic mass is 9.85. The first-order valence-electron chi connectivity index (χ1n) is 8.36. The lowest BCUT2D eigenvalue weighted by Gasteiger charge is -2.18. The van der Waals surface area contributed by atoms with Crippen molar-refractivity contribution in [1.82, 2.24) is 25.3 Å². The summed E-state index contributed by atoms with van der Waals surface area (Å²) < 4.78 is 13.3. The van der Waals surface area contributed by atoms with Crippen LogP contribution in [0.25, 0.3) is 22.4 Å². The van der Waals surface area contributed by atoms with Crippen LogP contribution in [0.4, 0.5) is 0 Å². The van der Waals surface area contributed by atoms with Crippen LogP contribution in [0.3, 0.4) is 0 Å². The molecule has 1 spiro atoms. The topological polar surface area (TPSA) is 78.0 Å². The van der Waals surface area contributed by atoms with Gasteiger partial charge in [-0.05, 0) is 31.5 Å². The SMILES string of the molecule is c1cc2occc2c(-c2cn(CC3CC4(CCNC4)CO3)nn2)n1. The minimum atomic E-state index is 0.206. The summed E-state index contributed by atoms with van der Waals surface area (Å²) in [5.41, 5.74) is 2.70. The normalized spacial score (nSPS) is 26.8. The zero-order chi connectivity index (χ0) is 16.0. The highest BCUT2D eigenvalue weighted by Gasteiger charge is 2.42. The Morgan fingerprint density at radius 2 is 2.38 bits per heavy atom. The molecular formula is C17H19N5O2. The number of pyridine rings is 1. The molecule has 7 heteroatoms. The highest BCUT2D eigenvalue weighted by atomic mass is 16.5. The number of hydrogen-bond acceptors (Lipinski definition) is 6. The van der Waals surface area contributed by atoms with Crippen LogP contribution in [0, 0.1) is 5.41 Å². The Morgan fingerprint density at radius 3 is 3.29 bits per heavy atom. The van der Waals surface area contributed by atoms with Crippen LogP contribution in [0.1, 0.15) is 12.8 Å². The average molecular weight is 325 g/mol. The lowest BCUT2D eigenvalue weighted by Crippen LogP contribution is -2.24.